The Morgan fingerprint density at radius 2 is 2.21 bits per heavy atom. The molecular formula is C11H16N2O. The smallest absolute Gasteiger partial charge is 0.0978 e. The van der Waals surface area contributed by atoms with Crippen molar-refractivity contribution >= 4 is 5.69 Å². The van der Waals surface area contributed by atoms with Crippen molar-refractivity contribution in [3.8, 4) is 0 Å². The molecule has 1 heterocycles. The first kappa shape index (κ1) is 9.49. The van der Waals surface area contributed by atoms with Gasteiger partial charge in [0.1, 0.15) is 0 Å². The van der Waals surface area contributed by atoms with Gasteiger partial charge in [-0.05, 0) is 13.0 Å². The highest BCUT2D eigenvalue weighted by atomic mass is 16.3. The molecule has 3 N–H and O–H groups in total. The van der Waals surface area contributed by atoms with Crippen molar-refractivity contribution in [2.24, 2.45) is 5.73 Å². The molecular weight excluding hydrogens is 176 g/mol. The van der Waals surface area contributed by atoms with Crippen LogP contribution in [0.2, 0.25) is 0 Å². The van der Waals surface area contributed by atoms with E-state index < -0.39 is 6.10 Å². The maximum Gasteiger partial charge on any atom is 0.0978 e. The van der Waals surface area contributed by atoms with Gasteiger partial charge in [0.2, 0.25) is 0 Å². The SMILES string of the molecule is Cc1ccc2c(c1)[C@@H](O)[C@H](N)CN2C. The Hall–Kier alpha value is -1.06. The fourth-order valence-corrected chi connectivity index (χ4v) is 2.00. The van der Waals surface area contributed by atoms with Crippen molar-refractivity contribution in [2.75, 3.05) is 18.5 Å². The minimum atomic E-state index is -0.527. The number of anilines is 1. The van der Waals surface area contributed by atoms with Gasteiger partial charge in [-0.2, -0.15) is 0 Å². The van der Waals surface area contributed by atoms with Gasteiger partial charge < -0.3 is 15.7 Å². The molecule has 3 nitrogen and oxygen atoms in total. The zero-order valence-corrected chi connectivity index (χ0v) is 8.57. The number of aryl methyl sites for hydroxylation is 1. The highest BCUT2D eigenvalue weighted by molar-refractivity contribution is 5.58. The van der Waals surface area contributed by atoms with E-state index in [1.165, 1.54) is 0 Å². The Kier molecular flexibility index (Phi) is 2.21. The van der Waals surface area contributed by atoms with E-state index in [-0.39, 0.29) is 6.04 Å². The normalized spacial score (nSPS) is 26.1. The molecule has 76 valence electrons. The molecule has 0 aromatic heterocycles. The van der Waals surface area contributed by atoms with E-state index in [9.17, 15) is 5.11 Å². The lowest BCUT2D eigenvalue weighted by Gasteiger charge is -2.35. The Morgan fingerprint density at radius 3 is 2.93 bits per heavy atom. The number of likely N-dealkylation sites (N-methyl/N-ethyl adjacent to an activating group) is 1. The highest BCUT2D eigenvalue weighted by Gasteiger charge is 2.27. The molecule has 1 aliphatic heterocycles. The summed E-state index contributed by atoms with van der Waals surface area (Å²) >= 11 is 0. The lowest BCUT2D eigenvalue weighted by Crippen LogP contribution is -2.44. The molecule has 1 aromatic rings. The second-order valence-corrected chi connectivity index (χ2v) is 4.05. The molecule has 0 unspecified atom stereocenters. The quantitative estimate of drug-likeness (QED) is 0.639. The summed E-state index contributed by atoms with van der Waals surface area (Å²) in [5, 5.41) is 9.92. The maximum atomic E-state index is 9.92. The first-order valence-corrected chi connectivity index (χ1v) is 4.85. The zero-order valence-electron chi connectivity index (χ0n) is 8.57. The molecule has 1 aliphatic rings. The third-order valence-corrected chi connectivity index (χ3v) is 2.80. The molecule has 0 radical (unpaired) electrons. The molecule has 0 amide bonds. The van der Waals surface area contributed by atoms with E-state index in [2.05, 4.69) is 11.0 Å². The lowest BCUT2D eigenvalue weighted by molar-refractivity contribution is 0.143. The summed E-state index contributed by atoms with van der Waals surface area (Å²) in [6, 6.07) is 5.92. The molecule has 0 fully saturated rings. The van der Waals surface area contributed by atoms with Crippen LogP contribution in [0.25, 0.3) is 0 Å². The van der Waals surface area contributed by atoms with Crippen LogP contribution in [0.4, 0.5) is 5.69 Å². The molecule has 3 heteroatoms. The van der Waals surface area contributed by atoms with Crippen LogP contribution in [-0.4, -0.2) is 24.7 Å². The third-order valence-electron chi connectivity index (χ3n) is 2.80. The minimum Gasteiger partial charge on any atom is -0.387 e. The fraction of sp³-hybridized carbons (Fsp3) is 0.455. The van der Waals surface area contributed by atoms with Gasteiger partial charge in [-0.15, -0.1) is 0 Å². The summed E-state index contributed by atoms with van der Waals surface area (Å²) in [5.74, 6) is 0. The first-order valence-electron chi connectivity index (χ1n) is 4.85. The fourth-order valence-electron chi connectivity index (χ4n) is 2.00. The standard InChI is InChI=1S/C11H16N2O/c1-7-3-4-10-8(5-7)11(14)9(12)6-13(10)2/h3-5,9,11,14H,6,12H2,1-2H3/t9-,11-/m1/s1. The number of nitrogens with zero attached hydrogens (tertiary/aromatic N) is 1. The van der Waals surface area contributed by atoms with Crippen LogP contribution in [0.5, 0.6) is 0 Å². The topological polar surface area (TPSA) is 49.5 Å². The largest absolute Gasteiger partial charge is 0.387 e. The van der Waals surface area contributed by atoms with E-state index in [1.807, 2.05) is 26.1 Å². The van der Waals surface area contributed by atoms with Gasteiger partial charge >= 0.3 is 0 Å². The summed E-state index contributed by atoms with van der Waals surface area (Å²) in [7, 11) is 2.00. The van der Waals surface area contributed by atoms with E-state index in [0.717, 1.165) is 16.8 Å². The number of hydrogen-bond donors (Lipinski definition) is 2. The monoisotopic (exact) mass is 192 g/mol. The Bertz CT molecular complexity index is 351. The second kappa shape index (κ2) is 3.26. The molecule has 0 saturated carbocycles. The van der Waals surface area contributed by atoms with Crippen LogP contribution >= 0.6 is 0 Å². The maximum absolute atomic E-state index is 9.92. The van der Waals surface area contributed by atoms with Crippen molar-refractivity contribution < 1.29 is 5.11 Å². The van der Waals surface area contributed by atoms with Crippen molar-refractivity contribution in [3.63, 3.8) is 0 Å². The summed E-state index contributed by atoms with van der Waals surface area (Å²) in [5.41, 5.74) is 9.04. The van der Waals surface area contributed by atoms with Gasteiger partial charge in [-0.25, -0.2) is 0 Å². The predicted octanol–water partition coefficient (Wildman–Crippen LogP) is 0.806. The zero-order chi connectivity index (χ0) is 10.3. The van der Waals surface area contributed by atoms with Crippen molar-refractivity contribution in [2.45, 2.75) is 19.1 Å². The van der Waals surface area contributed by atoms with E-state index in [1.54, 1.807) is 0 Å². The Balaban J connectivity index is 2.51. The number of rotatable bonds is 0. The number of fused-ring (bicyclic) bond motifs is 1. The third kappa shape index (κ3) is 1.38. The van der Waals surface area contributed by atoms with Crippen LogP contribution in [0.15, 0.2) is 18.2 Å². The average molecular weight is 192 g/mol. The number of aliphatic hydroxyl groups is 1. The average Bonchev–Trinajstić information content (AvgIpc) is 2.14. The van der Waals surface area contributed by atoms with E-state index in [0.29, 0.717) is 6.54 Å². The highest BCUT2D eigenvalue weighted by Crippen LogP contribution is 2.32. The lowest BCUT2D eigenvalue weighted by atomic mass is 9.94. The summed E-state index contributed by atoms with van der Waals surface area (Å²) in [6.45, 7) is 2.73. The van der Waals surface area contributed by atoms with Crippen LogP contribution < -0.4 is 10.6 Å². The Morgan fingerprint density at radius 1 is 1.50 bits per heavy atom. The van der Waals surface area contributed by atoms with Crippen molar-refractivity contribution in [1.82, 2.24) is 0 Å². The van der Waals surface area contributed by atoms with Gasteiger partial charge in [-0.1, -0.05) is 17.7 Å². The molecule has 0 spiro atoms. The van der Waals surface area contributed by atoms with Gasteiger partial charge in [-0.3, -0.25) is 0 Å². The number of benzene rings is 1. The summed E-state index contributed by atoms with van der Waals surface area (Å²) in [4.78, 5) is 2.09. The van der Waals surface area contributed by atoms with Gasteiger partial charge in [0.25, 0.3) is 0 Å². The van der Waals surface area contributed by atoms with Gasteiger partial charge in [0.15, 0.2) is 0 Å². The van der Waals surface area contributed by atoms with E-state index in [4.69, 9.17) is 5.73 Å². The van der Waals surface area contributed by atoms with Crippen molar-refractivity contribution in [1.29, 1.82) is 0 Å². The number of hydrogen-bond acceptors (Lipinski definition) is 3. The second-order valence-electron chi connectivity index (χ2n) is 4.05. The predicted molar refractivity (Wildman–Crippen MR) is 57.4 cm³/mol. The number of nitrogens with two attached hydrogens (primary N) is 1. The minimum absolute atomic E-state index is 0.186. The molecule has 0 aliphatic carbocycles. The van der Waals surface area contributed by atoms with Crippen molar-refractivity contribution in [3.05, 3.63) is 29.3 Å². The number of aliphatic hydroxyl groups excluding tert-OH is 1. The van der Waals surface area contributed by atoms with Gasteiger partial charge in [0, 0.05) is 24.8 Å². The molecule has 14 heavy (non-hydrogen) atoms. The van der Waals surface area contributed by atoms with Crippen LogP contribution in [0.1, 0.15) is 17.2 Å². The molecule has 2 atom stereocenters. The first-order chi connectivity index (χ1) is 6.59. The van der Waals surface area contributed by atoms with Crippen LogP contribution in [0, 0.1) is 6.92 Å². The molecule has 1 aromatic carbocycles. The summed E-state index contributed by atoms with van der Waals surface area (Å²) in [6.07, 6.45) is -0.527. The van der Waals surface area contributed by atoms with Crippen LogP contribution in [0.3, 0.4) is 0 Å². The summed E-state index contributed by atoms with van der Waals surface area (Å²) < 4.78 is 0. The molecule has 0 bridgehead atoms. The Labute approximate surface area is 84.1 Å². The van der Waals surface area contributed by atoms with Crippen LogP contribution in [-0.2, 0) is 0 Å². The van der Waals surface area contributed by atoms with Gasteiger partial charge in [0.05, 0.1) is 12.1 Å². The van der Waals surface area contributed by atoms with E-state index >= 15 is 0 Å². The molecule has 0 saturated heterocycles. The molecule has 2 rings (SSSR count).